The molecule has 0 aromatic rings. The minimum atomic E-state index is -0.290. The van der Waals surface area contributed by atoms with Crippen LogP contribution in [0.5, 0.6) is 0 Å². The van der Waals surface area contributed by atoms with Crippen molar-refractivity contribution in [1.82, 2.24) is 0 Å². The quantitative estimate of drug-likeness (QED) is 0.341. The number of ether oxygens (including phenoxy) is 3. The van der Waals surface area contributed by atoms with E-state index in [2.05, 4.69) is 11.3 Å². The number of esters is 1. The second-order valence-electron chi connectivity index (χ2n) is 2.50. The van der Waals surface area contributed by atoms with E-state index in [9.17, 15) is 4.79 Å². The van der Waals surface area contributed by atoms with Crippen molar-refractivity contribution >= 4 is 5.97 Å². The van der Waals surface area contributed by atoms with Crippen LogP contribution in [0, 0.1) is 0 Å². The SMILES string of the molecule is C=C(C)OCCOCCOC(C)=O. The average molecular weight is 188 g/mol. The van der Waals surface area contributed by atoms with Crippen molar-refractivity contribution in [2.45, 2.75) is 13.8 Å². The van der Waals surface area contributed by atoms with Crippen LogP contribution in [0.1, 0.15) is 13.8 Å². The summed E-state index contributed by atoms with van der Waals surface area (Å²) in [6, 6.07) is 0. The zero-order valence-electron chi connectivity index (χ0n) is 8.17. The third kappa shape index (κ3) is 11.0. The first-order valence-corrected chi connectivity index (χ1v) is 4.12. The van der Waals surface area contributed by atoms with Gasteiger partial charge in [-0.25, -0.2) is 0 Å². The molecule has 0 radical (unpaired) electrons. The number of carbonyl (C=O) groups is 1. The van der Waals surface area contributed by atoms with Gasteiger partial charge in [-0.3, -0.25) is 4.79 Å². The zero-order chi connectivity index (χ0) is 10.1. The van der Waals surface area contributed by atoms with E-state index in [0.717, 1.165) is 0 Å². The molecule has 0 aliphatic heterocycles. The molecule has 0 bridgehead atoms. The van der Waals surface area contributed by atoms with Gasteiger partial charge >= 0.3 is 5.97 Å². The number of hydrogen-bond donors (Lipinski definition) is 0. The highest BCUT2D eigenvalue weighted by Crippen LogP contribution is 1.89. The largest absolute Gasteiger partial charge is 0.496 e. The molecule has 0 aromatic carbocycles. The molecule has 0 N–H and O–H groups in total. The lowest BCUT2D eigenvalue weighted by Crippen LogP contribution is -2.10. The number of rotatable bonds is 7. The van der Waals surface area contributed by atoms with Crippen molar-refractivity contribution in [2.75, 3.05) is 26.4 Å². The van der Waals surface area contributed by atoms with Gasteiger partial charge in [-0.1, -0.05) is 6.58 Å². The first-order chi connectivity index (χ1) is 6.13. The first kappa shape index (κ1) is 12.0. The Morgan fingerprint density at radius 1 is 1.08 bits per heavy atom. The second-order valence-corrected chi connectivity index (χ2v) is 2.50. The summed E-state index contributed by atoms with van der Waals surface area (Å²) in [5, 5.41) is 0. The van der Waals surface area contributed by atoms with Crippen LogP contribution in [0.2, 0.25) is 0 Å². The van der Waals surface area contributed by atoms with Gasteiger partial charge in [-0.2, -0.15) is 0 Å². The Morgan fingerprint density at radius 2 is 1.62 bits per heavy atom. The van der Waals surface area contributed by atoms with E-state index in [0.29, 0.717) is 32.2 Å². The van der Waals surface area contributed by atoms with E-state index >= 15 is 0 Å². The highest BCUT2D eigenvalue weighted by molar-refractivity contribution is 5.65. The van der Waals surface area contributed by atoms with Gasteiger partial charge in [0, 0.05) is 6.92 Å². The van der Waals surface area contributed by atoms with Crippen LogP contribution in [0.3, 0.4) is 0 Å². The summed E-state index contributed by atoms with van der Waals surface area (Å²) >= 11 is 0. The van der Waals surface area contributed by atoms with E-state index in [1.165, 1.54) is 6.92 Å². The molecule has 0 unspecified atom stereocenters. The van der Waals surface area contributed by atoms with Gasteiger partial charge in [0.15, 0.2) is 0 Å². The summed E-state index contributed by atoms with van der Waals surface area (Å²) in [5.41, 5.74) is 0. The summed E-state index contributed by atoms with van der Waals surface area (Å²) in [5.74, 6) is 0.380. The van der Waals surface area contributed by atoms with Crippen LogP contribution < -0.4 is 0 Å². The van der Waals surface area contributed by atoms with Crippen molar-refractivity contribution < 1.29 is 19.0 Å². The third-order valence-electron chi connectivity index (χ3n) is 1.11. The molecule has 0 saturated carbocycles. The molecule has 0 aliphatic rings. The Hall–Kier alpha value is -1.03. The minimum Gasteiger partial charge on any atom is -0.496 e. The van der Waals surface area contributed by atoms with Crippen LogP contribution in [0.25, 0.3) is 0 Å². The first-order valence-electron chi connectivity index (χ1n) is 4.12. The van der Waals surface area contributed by atoms with Crippen LogP contribution >= 0.6 is 0 Å². The highest BCUT2D eigenvalue weighted by atomic mass is 16.6. The average Bonchev–Trinajstić information content (AvgIpc) is 2.01. The lowest BCUT2D eigenvalue weighted by Gasteiger charge is -2.06. The van der Waals surface area contributed by atoms with Crippen molar-refractivity contribution in [2.24, 2.45) is 0 Å². The maximum absolute atomic E-state index is 10.3. The lowest BCUT2D eigenvalue weighted by atomic mass is 10.6. The summed E-state index contributed by atoms with van der Waals surface area (Å²) < 4.78 is 14.8. The molecule has 0 spiro atoms. The number of allylic oxidation sites excluding steroid dienone is 1. The molecule has 76 valence electrons. The van der Waals surface area contributed by atoms with Crippen LogP contribution in [0.4, 0.5) is 0 Å². The molecule has 4 nitrogen and oxygen atoms in total. The Balaban J connectivity index is 3.00. The fraction of sp³-hybridized carbons (Fsp3) is 0.667. The molecule has 13 heavy (non-hydrogen) atoms. The second kappa shape index (κ2) is 7.61. The summed E-state index contributed by atoms with van der Waals surface area (Å²) in [4.78, 5) is 10.3. The standard InChI is InChI=1S/C9H16O4/c1-8(2)12-6-4-11-5-7-13-9(3)10/h1,4-7H2,2-3H3. The lowest BCUT2D eigenvalue weighted by molar-refractivity contribution is -0.142. The van der Waals surface area contributed by atoms with E-state index in [4.69, 9.17) is 9.47 Å². The molecule has 0 aromatic heterocycles. The van der Waals surface area contributed by atoms with E-state index < -0.39 is 0 Å². The molecule has 4 heteroatoms. The van der Waals surface area contributed by atoms with Gasteiger partial charge in [0.1, 0.15) is 13.2 Å². The minimum absolute atomic E-state index is 0.290. The molecule has 0 saturated heterocycles. The van der Waals surface area contributed by atoms with E-state index in [-0.39, 0.29) is 5.97 Å². The van der Waals surface area contributed by atoms with Crippen LogP contribution in [0.15, 0.2) is 12.3 Å². The summed E-state index contributed by atoms with van der Waals surface area (Å²) in [7, 11) is 0. The monoisotopic (exact) mass is 188 g/mol. The predicted octanol–water partition coefficient (Wildman–Crippen LogP) is 1.12. The smallest absolute Gasteiger partial charge is 0.302 e. The van der Waals surface area contributed by atoms with E-state index in [1.807, 2.05) is 0 Å². The number of hydrogen-bond acceptors (Lipinski definition) is 4. The van der Waals surface area contributed by atoms with Gasteiger partial charge in [0.2, 0.25) is 0 Å². The Kier molecular flexibility index (Phi) is 7.01. The molecule has 0 fully saturated rings. The Bertz CT molecular complexity index is 147. The fourth-order valence-electron chi connectivity index (χ4n) is 0.621. The predicted molar refractivity (Wildman–Crippen MR) is 48.2 cm³/mol. The van der Waals surface area contributed by atoms with Gasteiger partial charge < -0.3 is 14.2 Å². The Labute approximate surface area is 78.5 Å². The van der Waals surface area contributed by atoms with Gasteiger partial charge in [0.25, 0.3) is 0 Å². The summed E-state index contributed by atoms with van der Waals surface area (Å²) in [6.45, 7) is 8.36. The molecule has 0 atom stereocenters. The van der Waals surface area contributed by atoms with Crippen molar-refractivity contribution in [3.63, 3.8) is 0 Å². The molecular weight excluding hydrogens is 172 g/mol. The van der Waals surface area contributed by atoms with Crippen molar-refractivity contribution in [1.29, 1.82) is 0 Å². The molecule has 0 heterocycles. The summed E-state index contributed by atoms with van der Waals surface area (Å²) in [6.07, 6.45) is 0. The maximum atomic E-state index is 10.3. The maximum Gasteiger partial charge on any atom is 0.302 e. The zero-order valence-corrected chi connectivity index (χ0v) is 8.17. The number of carbonyl (C=O) groups excluding carboxylic acids is 1. The topological polar surface area (TPSA) is 44.8 Å². The molecule has 0 rings (SSSR count). The van der Waals surface area contributed by atoms with Crippen molar-refractivity contribution in [3.8, 4) is 0 Å². The molecule has 0 amide bonds. The van der Waals surface area contributed by atoms with Crippen molar-refractivity contribution in [3.05, 3.63) is 12.3 Å². The van der Waals surface area contributed by atoms with Gasteiger partial charge in [-0.15, -0.1) is 0 Å². The highest BCUT2D eigenvalue weighted by Gasteiger charge is 1.92. The van der Waals surface area contributed by atoms with E-state index in [1.54, 1.807) is 6.92 Å². The fourth-order valence-corrected chi connectivity index (χ4v) is 0.621. The van der Waals surface area contributed by atoms with Gasteiger partial charge in [-0.05, 0) is 6.92 Å². The molecule has 0 aliphatic carbocycles. The third-order valence-corrected chi connectivity index (χ3v) is 1.11. The van der Waals surface area contributed by atoms with Crippen LogP contribution in [-0.4, -0.2) is 32.4 Å². The normalized spacial score (nSPS) is 9.38. The Morgan fingerprint density at radius 3 is 2.08 bits per heavy atom. The molecular formula is C9H16O4. The van der Waals surface area contributed by atoms with Gasteiger partial charge in [0.05, 0.1) is 19.0 Å². The van der Waals surface area contributed by atoms with Crippen LogP contribution in [-0.2, 0) is 19.0 Å².